The lowest BCUT2D eigenvalue weighted by atomic mass is 10.1. The standard InChI is InChI=1S/C12H9N3S/c13-12-15-11(7-16-12)9-5-8-3-1-2-4-10(8)14-6-9/h1-7H,(H2,13,15). The van der Waals surface area contributed by atoms with E-state index in [-0.39, 0.29) is 0 Å². The Morgan fingerprint density at radius 1 is 1.19 bits per heavy atom. The monoisotopic (exact) mass is 227 g/mol. The summed E-state index contributed by atoms with van der Waals surface area (Å²) >= 11 is 1.44. The van der Waals surface area contributed by atoms with Gasteiger partial charge in [-0.05, 0) is 12.1 Å². The third kappa shape index (κ3) is 1.53. The Hall–Kier alpha value is -1.94. The van der Waals surface area contributed by atoms with Gasteiger partial charge in [-0.2, -0.15) is 0 Å². The molecule has 0 amide bonds. The highest BCUT2D eigenvalue weighted by atomic mass is 32.1. The fourth-order valence-electron chi connectivity index (χ4n) is 1.63. The van der Waals surface area contributed by atoms with Crippen LogP contribution in [-0.2, 0) is 0 Å². The number of thiazole rings is 1. The lowest BCUT2D eigenvalue weighted by Gasteiger charge is -1.99. The van der Waals surface area contributed by atoms with Gasteiger partial charge < -0.3 is 5.73 Å². The van der Waals surface area contributed by atoms with E-state index in [9.17, 15) is 0 Å². The Bertz CT molecular complexity index is 645. The number of fused-ring (bicyclic) bond motifs is 1. The van der Waals surface area contributed by atoms with E-state index in [1.165, 1.54) is 11.3 Å². The number of nitrogen functional groups attached to an aromatic ring is 1. The first-order chi connectivity index (χ1) is 7.83. The van der Waals surface area contributed by atoms with Crippen LogP contribution in [0.4, 0.5) is 5.13 Å². The number of benzene rings is 1. The number of nitrogens with zero attached hydrogens (tertiary/aromatic N) is 2. The van der Waals surface area contributed by atoms with Gasteiger partial charge in [-0.25, -0.2) is 4.98 Å². The molecule has 2 aromatic heterocycles. The molecule has 0 aliphatic carbocycles. The smallest absolute Gasteiger partial charge is 0.180 e. The number of nitrogens with two attached hydrogens (primary N) is 1. The second-order valence-electron chi connectivity index (χ2n) is 3.49. The summed E-state index contributed by atoms with van der Waals surface area (Å²) in [6.45, 7) is 0. The summed E-state index contributed by atoms with van der Waals surface area (Å²) < 4.78 is 0. The van der Waals surface area contributed by atoms with Crippen molar-refractivity contribution < 1.29 is 0 Å². The summed E-state index contributed by atoms with van der Waals surface area (Å²) in [4.78, 5) is 8.63. The molecular formula is C12H9N3S. The zero-order chi connectivity index (χ0) is 11.0. The van der Waals surface area contributed by atoms with Crippen molar-refractivity contribution in [3.63, 3.8) is 0 Å². The molecule has 4 heteroatoms. The summed E-state index contributed by atoms with van der Waals surface area (Å²) in [5.74, 6) is 0. The van der Waals surface area contributed by atoms with Crippen LogP contribution in [0.2, 0.25) is 0 Å². The Morgan fingerprint density at radius 2 is 2.06 bits per heavy atom. The van der Waals surface area contributed by atoms with Gasteiger partial charge in [-0.15, -0.1) is 11.3 Å². The van der Waals surface area contributed by atoms with Crippen molar-refractivity contribution >= 4 is 27.4 Å². The zero-order valence-corrected chi connectivity index (χ0v) is 9.24. The summed E-state index contributed by atoms with van der Waals surface area (Å²) in [5.41, 5.74) is 8.51. The minimum Gasteiger partial charge on any atom is -0.375 e. The number of anilines is 1. The van der Waals surface area contributed by atoms with Crippen LogP contribution < -0.4 is 5.73 Å². The number of para-hydroxylation sites is 1. The maximum absolute atomic E-state index is 5.62. The van der Waals surface area contributed by atoms with Crippen LogP contribution in [0.15, 0.2) is 41.9 Å². The fourth-order valence-corrected chi connectivity index (χ4v) is 2.20. The van der Waals surface area contributed by atoms with Crippen LogP contribution in [-0.4, -0.2) is 9.97 Å². The number of pyridine rings is 1. The molecule has 3 aromatic rings. The van der Waals surface area contributed by atoms with Gasteiger partial charge in [0.05, 0.1) is 11.2 Å². The second-order valence-corrected chi connectivity index (χ2v) is 4.38. The van der Waals surface area contributed by atoms with Gasteiger partial charge in [0.15, 0.2) is 5.13 Å². The molecule has 16 heavy (non-hydrogen) atoms. The second kappa shape index (κ2) is 3.57. The van der Waals surface area contributed by atoms with Gasteiger partial charge in [0.1, 0.15) is 0 Å². The molecule has 3 nitrogen and oxygen atoms in total. The highest BCUT2D eigenvalue weighted by Gasteiger charge is 2.03. The van der Waals surface area contributed by atoms with E-state index in [2.05, 4.69) is 16.0 Å². The third-order valence-electron chi connectivity index (χ3n) is 2.41. The van der Waals surface area contributed by atoms with Gasteiger partial charge in [-0.1, -0.05) is 18.2 Å². The van der Waals surface area contributed by atoms with E-state index < -0.39 is 0 Å². The van der Waals surface area contributed by atoms with Gasteiger partial charge in [0, 0.05) is 22.5 Å². The minimum atomic E-state index is 0.586. The van der Waals surface area contributed by atoms with Gasteiger partial charge in [-0.3, -0.25) is 4.98 Å². The van der Waals surface area contributed by atoms with Gasteiger partial charge >= 0.3 is 0 Å². The Kier molecular flexibility index (Phi) is 2.08. The first-order valence-electron chi connectivity index (χ1n) is 4.89. The zero-order valence-electron chi connectivity index (χ0n) is 8.42. The average molecular weight is 227 g/mol. The normalized spacial score (nSPS) is 10.8. The molecule has 0 fully saturated rings. The van der Waals surface area contributed by atoms with E-state index in [1.54, 1.807) is 0 Å². The molecule has 0 aliphatic rings. The Morgan fingerprint density at radius 3 is 2.88 bits per heavy atom. The minimum absolute atomic E-state index is 0.586. The molecule has 0 radical (unpaired) electrons. The van der Waals surface area contributed by atoms with Crippen molar-refractivity contribution in [2.75, 3.05) is 5.73 Å². The molecule has 78 valence electrons. The van der Waals surface area contributed by atoms with Crippen LogP contribution in [0.1, 0.15) is 0 Å². The van der Waals surface area contributed by atoms with E-state index in [0.717, 1.165) is 22.2 Å². The topological polar surface area (TPSA) is 51.8 Å². The van der Waals surface area contributed by atoms with Crippen molar-refractivity contribution in [3.8, 4) is 11.3 Å². The number of rotatable bonds is 1. The predicted molar refractivity (Wildman–Crippen MR) is 67.3 cm³/mol. The van der Waals surface area contributed by atoms with Gasteiger partial charge in [0.25, 0.3) is 0 Å². The number of hydrogen-bond acceptors (Lipinski definition) is 4. The molecule has 0 atom stereocenters. The van der Waals surface area contributed by atoms with E-state index >= 15 is 0 Å². The van der Waals surface area contributed by atoms with E-state index in [0.29, 0.717) is 5.13 Å². The quantitative estimate of drug-likeness (QED) is 0.695. The number of hydrogen-bond donors (Lipinski definition) is 1. The Labute approximate surface area is 96.6 Å². The van der Waals surface area contributed by atoms with E-state index in [1.807, 2.05) is 35.8 Å². The summed E-state index contributed by atoms with van der Waals surface area (Å²) in [6.07, 6.45) is 1.83. The average Bonchev–Trinajstić information content (AvgIpc) is 2.75. The van der Waals surface area contributed by atoms with Crippen LogP contribution >= 0.6 is 11.3 Å². The first-order valence-corrected chi connectivity index (χ1v) is 5.77. The summed E-state index contributed by atoms with van der Waals surface area (Å²) in [5, 5.41) is 3.65. The van der Waals surface area contributed by atoms with E-state index in [4.69, 9.17) is 5.73 Å². The van der Waals surface area contributed by atoms with Crippen molar-refractivity contribution in [3.05, 3.63) is 41.9 Å². The SMILES string of the molecule is Nc1nc(-c2cnc3ccccc3c2)cs1. The summed E-state index contributed by atoms with van der Waals surface area (Å²) in [7, 11) is 0. The number of aromatic nitrogens is 2. The molecule has 3 rings (SSSR count). The molecule has 0 spiro atoms. The lowest BCUT2D eigenvalue weighted by molar-refractivity contribution is 1.36. The first kappa shape index (κ1) is 9.30. The van der Waals surface area contributed by atoms with Crippen LogP contribution in [0, 0.1) is 0 Å². The molecule has 1 aromatic carbocycles. The highest BCUT2D eigenvalue weighted by Crippen LogP contribution is 2.24. The van der Waals surface area contributed by atoms with Crippen molar-refractivity contribution in [2.24, 2.45) is 0 Å². The van der Waals surface area contributed by atoms with Crippen LogP contribution in [0.3, 0.4) is 0 Å². The van der Waals surface area contributed by atoms with Gasteiger partial charge in [0.2, 0.25) is 0 Å². The van der Waals surface area contributed by atoms with Crippen LogP contribution in [0.5, 0.6) is 0 Å². The molecule has 2 N–H and O–H groups in total. The molecule has 0 saturated heterocycles. The molecular weight excluding hydrogens is 218 g/mol. The largest absolute Gasteiger partial charge is 0.375 e. The molecule has 0 saturated carbocycles. The van der Waals surface area contributed by atoms with Crippen LogP contribution in [0.25, 0.3) is 22.2 Å². The maximum Gasteiger partial charge on any atom is 0.180 e. The highest BCUT2D eigenvalue weighted by molar-refractivity contribution is 7.13. The molecule has 0 unspecified atom stereocenters. The predicted octanol–water partition coefficient (Wildman–Crippen LogP) is 2.94. The third-order valence-corrected chi connectivity index (χ3v) is 3.08. The van der Waals surface area contributed by atoms with Crippen molar-refractivity contribution in [1.29, 1.82) is 0 Å². The molecule has 2 heterocycles. The van der Waals surface area contributed by atoms with Crippen molar-refractivity contribution in [1.82, 2.24) is 9.97 Å². The Balaban J connectivity index is 2.18. The summed E-state index contributed by atoms with van der Waals surface area (Å²) in [6, 6.07) is 10.1. The lowest BCUT2D eigenvalue weighted by Crippen LogP contribution is -1.85. The molecule has 0 aliphatic heterocycles. The maximum atomic E-state index is 5.62. The van der Waals surface area contributed by atoms with Crippen molar-refractivity contribution in [2.45, 2.75) is 0 Å². The molecule has 0 bridgehead atoms. The fraction of sp³-hybridized carbons (Fsp3) is 0.